The van der Waals surface area contributed by atoms with Crippen LogP contribution in [0.25, 0.3) is 0 Å². The quantitative estimate of drug-likeness (QED) is 0.548. The number of hydrogen-bond donors (Lipinski definition) is 0. The van der Waals surface area contributed by atoms with Crippen LogP contribution in [0.1, 0.15) is 65.2 Å². The fourth-order valence-corrected chi connectivity index (χ4v) is 7.49. The van der Waals surface area contributed by atoms with Crippen molar-refractivity contribution in [2.45, 2.75) is 71.3 Å². The first-order valence-electron chi connectivity index (χ1n) is 9.00. The standard InChI is InChI=1S/C19H27IO2/c1-18-9-7-13(21)11-12(18)3-4-14-15-5-6-17(22-20)19(15,2)10-8-16(14)18/h11,14-17H,3-10H2,1-2H3/t14-,15?,16-,17-,18-,19-/m0/s1. The first-order valence-corrected chi connectivity index (χ1v) is 9.88. The van der Waals surface area contributed by atoms with Gasteiger partial charge in [-0.2, -0.15) is 0 Å². The molecule has 0 aromatic carbocycles. The SMILES string of the molecule is C[C@]12CCC(=O)C=C1CC[C@H]1C3CC[C@H](OI)[C@@]3(C)CC[C@@H]12. The zero-order valence-electron chi connectivity index (χ0n) is 13.7. The van der Waals surface area contributed by atoms with Gasteiger partial charge in [0, 0.05) is 6.42 Å². The van der Waals surface area contributed by atoms with Crippen LogP contribution >= 0.6 is 23.0 Å². The third-order valence-electron chi connectivity index (χ3n) is 7.98. The van der Waals surface area contributed by atoms with E-state index in [-0.39, 0.29) is 0 Å². The van der Waals surface area contributed by atoms with Gasteiger partial charge in [-0.25, -0.2) is 0 Å². The van der Waals surface area contributed by atoms with E-state index in [1.807, 2.05) is 6.08 Å². The Labute approximate surface area is 148 Å². The summed E-state index contributed by atoms with van der Waals surface area (Å²) in [6.07, 6.45) is 12.0. The Bertz CT molecular complexity index is 528. The Morgan fingerprint density at radius 2 is 1.91 bits per heavy atom. The highest BCUT2D eigenvalue weighted by atomic mass is 127. The molecule has 0 amide bonds. The zero-order valence-corrected chi connectivity index (χ0v) is 15.9. The predicted octanol–water partition coefficient (Wildman–Crippen LogP) is 5.25. The summed E-state index contributed by atoms with van der Waals surface area (Å²) in [5, 5.41) is 0. The molecule has 0 aromatic rings. The number of carbonyl (C=O) groups excluding carboxylic acids is 1. The molecule has 122 valence electrons. The molecule has 1 unspecified atom stereocenters. The minimum absolute atomic E-state index is 0.307. The largest absolute Gasteiger partial charge is 0.312 e. The number of carbonyl (C=O) groups is 1. The third kappa shape index (κ3) is 2.03. The van der Waals surface area contributed by atoms with E-state index < -0.39 is 0 Å². The van der Waals surface area contributed by atoms with E-state index in [1.54, 1.807) is 0 Å². The summed E-state index contributed by atoms with van der Waals surface area (Å²) in [6.45, 7) is 4.95. The van der Waals surface area contributed by atoms with Crippen LogP contribution < -0.4 is 0 Å². The first-order chi connectivity index (χ1) is 10.5. The lowest BCUT2D eigenvalue weighted by atomic mass is 9.47. The highest BCUT2D eigenvalue weighted by molar-refractivity contribution is 14.1. The molecule has 3 heteroatoms. The summed E-state index contributed by atoms with van der Waals surface area (Å²) in [5.74, 6) is 2.85. The Hall–Kier alpha value is 0.1000. The molecule has 0 bridgehead atoms. The van der Waals surface area contributed by atoms with Gasteiger partial charge >= 0.3 is 0 Å². The lowest BCUT2D eigenvalue weighted by molar-refractivity contribution is -0.117. The number of fused-ring (bicyclic) bond motifs is 5. The highest BCUT2D eigenvalue weighted by Gasteiger charge is 2.59. The Morgan fingerprint density at radius 3 is 2.68 bits per heavy atom. The second-order valence-electron chi connectivity index (χ2n) is 8.67. The van der Waals surface area contributed by atoms with Crippen molar-refractivity contribution in [3.05, 3.63) is 11.6 Å². The van der Waals surface area contributed by atoms with Crippen LogP contribution in [0.2, 0.25) is 0 Å². The number of hydrogen-bond acceptors (Lipinski definition) is 2. The second-order valence-corrected chi connectivity index (χ2v) is 9.18. The first kappa shape index (κ1) is 15.6. The summed E-state index contributed by atoms with van der Waals surface area (Å²) in [5.41, 5.74) is 2.18. The average molecular weight is 414 g/mol. The second kappa shape index (κ2) is 5.30. The number of halogens is 1. The van der Waals surface area contributed by atoms with Crippen LogP contribution in [0.3, 0.4) is 0 Å². The molecule has 4 aliphatic rings. The van der Waals surface area contributed by atoms with Crippen LogP contribution in [0.5, 0.6) is 0 Å². The number of rotatable bonds is 1. The van der Waals surface area contributed by atoms with Crippen LogP contribution in [-0.2, 0) is 7.86 Å². The lowest BCUT2D eigenvalue weighted by Gasteiger charge is -2.57. The molecule has 0 heterocycles. The molecule has 0 saturated heterocycles. The predicted molar refractivity (Wildman–Crippen MR) is 95.6 cm³/mol. The normalized spacial score (nSPS) is 50.9. The molecule has 0 aromatic heterocycles. The average Bonchev–Trinajstić information content (AvgIpc) is 2.84. The topological polar surface area (TPSA) is 26.3 Å². The molecule has 0 spiro atoms. The van der Waals surface area contributed by atoms with E-state index in [9.17, 15) is 4.79 Å². The van der Waals surface area contributed by atoms with Gasteiger partial charge < -0.3 is 3.07 Å². The Morgan fingerprint density at radius 1 is 1.09 bits per heavy atom. The molecule has 3 saturated carbocycles. The summed E-state index contributed by atoms with van der Waals surface area (Å²) >= 11 is 2.12. The van der Waals surface area contributed by atoms with Gasteiger partial charge in [0.2, 0.25) is 0 Å². The van der Waals surface area contributed by atoms with Gasteiger partial charge in [0.25, 0.3) is 0 Å². The molecular weight excluding hydrogens is 387 g/mol. The fourth-order valence-electron chi connectivity index (χ4n) is 6.66. The summed E-state index contributed by atoms with van der Waals surface area (Å²) in [6, 6.07) is 0. The van der Waals surface area contributed by atoms with Gasteiger partial charge in [0.15, 0.2) is 5.78 Å². The molecular formula is C19H27IO2. The molecule has 4 aliphatic carbocycles. The van der Waals surface area contributed by atoms with Crippen molar-refractivity contribution in [1.82, 2.24) is 0 Å². The molecule has 2 nitrogen and oxygen atoms in total. The van der Waals surface area contributed by atoms with Crippen LogP contribution in [0.4, 0.5) is 0 Å². The van der Waals surface area contributed by atoms with Crippen molar-refractivity contribution in [2.24, 2.45) is 28.6 Å². The summed E-state index contributed by atoms with van der Waals surface area (Å²) in [4.78, 5) is 11.8. The molecule has 0 N–H and O–H groups in total. The van der Waals surface area contributed by atoms with Crippen molar-refractivity contribution in [1.29, 1.82) is 0 Å². The van der Waals surface area contributed by atoms with Crippen molar-refractivity contribution in [3.8, 4) is 0 Å². The maximum Gasteiger partial charge on any atom is 0.155 e. The number of allylic oxidation sites excluding steroid dienone is 1. The van der Waals surface area contributed by atoms with E-state index in [0.717, 1.165) is 37.0 Å². The number of ketones is 1. The van der Waals surface area contributed by atoms with E-state index in [1.165, 1.54) is 37.7 Å². The Balaban J connectivity index is 1.67. The maximum atomic E-state index is 11.8. The van der Waals surface area contributed by atoms with E-state index >= 15 is 0 Å². The molecule has 22 heavy (non-hydrogen) atoms. The Kier molecular flexibility index (Phi) is 3.76. The molecule has 6 atom stereocenters. The summed E-state index contributed by atoms with van der Waals surface area (Å²) < 4.78 is 5.82. The molecule has 4 rings (SSSR count). The zero-order chi connectivity index (χ0) is 15.5. The third-order valence-corrected chi connectivity index (χ3v) is 8.60. The highest BCUT2D eigenvalue weighted by Crippen LogP contribution is 2.65. The summed E-state index contributed by atoms with van der Waals surface area (Å²) in [7, 11) is 0. The molecule has 3 fully saturated rings. The van der Waals surface area contributed by atoms with Gasteiger partial charge in [-0.3, -0.25) is 4.79 Å². The smallest absolute Gasteiger partial charge is 0.155 e. The van der Waals surface area contributed by atoms with Crippen molar-refractivity contribution >= 4 is 28.8 Å². The van der Waals surface area contributed by atoms with Gasteiger partial charge in [-0.1, -0.05) is 19.4 Å². The van der Waals surface area contributed by atoms with E-state index in [4.69, 9.17) is 3.07 Å². The van der Waals surface area contributed by atoms with E-state index in [2.05, 4.69) is 36.9 Å². The van der Waals surface area contributed by atoms with Crippen molar-refractivity contribution < 1.29 is 7.86 Å². The van der Waals surface area contributed by atoms with Crippen LogP contribution in [0.15, 0.2) is 11.6 Å². The minimum Gasteiger partial charge on any atom is -0.312 e. The van der Waals surface area contributed by atoms with Crippen LogP contribution in [0, 0.1) is 28.6 Å². The lowest BCUT2D eigenvalue weighted by Crippen LogP contribution is -2.51. The monoisotopic (exact) mass is 414 g/mol. The van der Waals surface area contributed by atoms with Crippen molar-refractivity contribution in [2.75, 3.05) is 0 Å². The molecule has 0 radical (unpaired) electrons. The van der Waals surface area contributed by atoms with Gasteiger partial charge in [0.05, 0.1) is 6.10 Å². The molecule has 0 aliphatic heterocycles. The van der Waals surface area contributed by atoms with Gasteiger partial charge in [-0.15, -0.1) is 0 Å². The maximum absolute atomic E-state index is 11.8. The van der Waals surface area contributed by atoms with Crippen LogP contribution in [-0.4, -0.2) is 11.9 Å². The van der Waals surface area contributed by atoms with E-state index in [0.29, 0.717) is 22.7 Å². The van der Waals surface area contributed by atoms with Gasteiger partial charge in [0.1, 0.15) is 23.0 Å². The van der Waals surface area contributed by atoms with Gasteiger partial charge in [-0.05, 0) is 79.6 Å². The van der Waals surface area contributed by atoms with Crippen molar-refractivity contribution in [3.63, 3.8) is 0 Å². The minimum atomic E-state index is 0.307. The fraction of sp³-hybridized carbons (Fsp3) is 0.842.